The first-order valence-corrected chi connectivity index (χ1v) is 13.2. The Kier molecular flexibility index (Phi) is 6.69. The molecule has 0 saturated carbocycles. The van der Waals surface area contributed by atoms with Gasteiger partial charge in [0.2, 0.25) is 5.91 Å². The number of hydrogen-bond acceptors (Lipinski definition) is 6. The highest BCUT2D eigenvalue weighted by molar-refractivity contribution is 7.99. The van der Waals surface area contributed by atoms with Gasteiger partial charge in [-0.1, -0.05) is 30.0 Å². The number of amides is 1. The number of benzene rings is 2. The van der Waals surface area contributed by atoms with Gasteiger partial charge in [0.25, 0.3) is 5.56 Å². The van der Waals surface area contributed by atoms with Crippen molar-refractivity contribution in [2.45, 2.75) is 31.0 Å². The molecule has 0 radical (unpaired) electrons. The first-order valence-electron chi connectivity index (χ1n) is 11.4. The number of fused-ring (bicyclic) bond motifs is 1. The average molecular weight is 492 g/mol. The lowest BCUT2D eigenvalue weighted by atomic mass is 10.2. The first-order chi connectivity index (χ1) is 16.7. The van der Waals surface area contributed by atoms with Crippen molar-refractivity contribution in [2.75, 3.05) is 18.9 Å². The van der Waals surface area contributed by atoms with Gasteiger partial charge in [-0.15, -0.1) is 11.3 Å². The zero-order valence-corrected chi connectivity index (χ0v) is 20.5. The van der Waals surface area contributed by atoms with Crippen molar-refractivity contribution in [2.24, 2.45) is 0 Å². The van der Waals surface area contributed by atoms with Crippen LogP contribution in [0.4, 0.5) is 0 Å². The van der Waals surface area contributed by atoms with Crippen LogP contribution in [-0.2, 0) is 4.79 Å². The number of hydrogen-bond donors (Lipinski definition) is 0. The monoisotopic (exact) mass is 491 g/mol. The van der Waals surface area contributed by atoms with Crippen LogP contribution in [0.15, 0.2) is 76.0 Å². The summed E-state index contributed by atoms with van der Waals surface area (Å²) in [6.45, 7) is 3.27. The highest BCUT2D eigenvalue weighted by Gasteiger charge is 2.30. The van der Waals surface area contributed by atoms with E-state index in [9.17, 15) is 9.59 Å². The fourth-order valence-corrected chi connectivity index (χ4v) is 6.12. The Balaban J connectivity index is 1.46. The molecule has 2 aromatic heterocycles. The molecule has 34 heavy (non-hydrogen) atoms. The van der Waals surface area contributed by atoms with Crippen molar-refractivity contribution < 1.29 is 9.53 Å². The van der Waals surface area contributed by atoms with E-state index in [1.54, 1.807) is 22.0 Å². The minimum absolute atomic E-state index is 0.0709. The smallest absolute Gasteiger partial charge is 0.266 e. The number of likely N-dealkylation sites (tertiary alicyclic amines) is 1. The average Bonchev–Trinajstić information content (AvgIpc) is 3.56. The molecule has 5 rings (SSSR count). The number of rotatable bonds is 7. The lowest BCUT2D eigenvalue weighted by molar-refractivity contribution is -0.129. The SMILES string of the molecule is CCOc1ccc(-n2c(SCC(=O)N3CCCC3c3cccs3)nc3ccccc3c2=O)cc1. The van der Waals surface area contributed by atoms with E-state index in [0.717, 1.165) is 25.1 Å². The van der Waals surface area contributed by atoms with E-state index < -0.39 is 0 Å². The molecule has 1 saturated heterocycles. The largest absolute Gasteiger partial charge is 0.494 e. The summed E-state index contributed by atoms with van der Waals surface area (Å²) in [6.07, 6.45) is 1.99. The molecule has 1 aliphatic heterocycles. The molecule has 2 aromatic carbocycles. The maximum absolute atomic E-state index is 13.5. The summed E-state index contributed by atoms with van der Waals surface area (Å²) in [4.78, 5) is 34.6. The van der Waals surface area contributed by atoms with Crippen LogP contribution in [0.25, 0.3) is 16.6 Å². The quantitative estimate of drug-likeness (QED) is 0.259. The van der Waals surface area contributed by atoms with E-state index in [-0.39, 0.29) is 23.3 Å². The van der Waals surface area contributed by atoms with E-state index in [1.165, 1.54) is 16.6 Å². The first kappa shape index (κ1) is 22.7. The zero-order chi connectivity index (χ0) is 23.5. The molecule has 1 aliphatic rings. The molecule has 1 fully saturated rings. The van der Waals surface area contributed by atoms with E-state index in [4.69, 9.17) is 9.72 Å². The number of carbonyl (C=O) groups is 1. The van der Waals surface area contributed by atoms with Gasteiger partial charge in [-0.05, 0) is 67.6 Å². The van der Waals surface area contributed by atoms with Crippen molar-refractivity contribution in [3.8, 4) is 11.4 Å². The number of nitrogens with zero attached hydrogens (tertiary/aromatic N) is 3. The van der Waals surface area contributed by atoms with Crippen LogP contribution in [0, 0.1) is 0 Å². The molecule has 1 atom stereocenters. The molecule has 8 heteroatoms. The van der Waals surface area contributed by atoms with Crippen LogP contribution in [-0.4, -0.2) is 39.3 Å². The molecule has 1 unspecified atom stereocenters. The molecule has 174 valence electrons. The Hall–Kier alpha value is -3.10. The molecule has 1 amide bonds. The molecule has 0 bridgehead atoms. The van der Waals surface area contributed by atoms with Crippen LogP contribution in [0.2, 0.25) is 0 Å². The van der Waals surface area contributed by atoms with Gasteiger partial charge in [-0.25, -0.2) is 4.98 Å². The summed E-state index contributed by atoms with van der Waals surface area (Å²) in [5.41, 5.74) is 1.17. The molecule has 4 aromatic rings. The topological polar surface area (TPSA) is 64.4 Å². The standard InChI is InChI=1S/C26H25N3O3S2/c1-2-32-19-13-11-18(12-14-19)29-25(31)20-7-3-4-8-21(20)27-26(29)34-17-24(30)28-15-5-9-22(28)23-10-6-16-33-23/h3-4,6-8,10-14,16,22H,2,5,9,15,17H2,1H3. The third-order valence-corrected chi connectivity index (χ3v) is 7.82. The number of thioether (sulfide) groups is 1. The van der Waals surface area contributed by atoms with Gasteiger partial charge in [-0.2, -0.15) is 0 Å². The fraction of sp³-hybridized carbons (Fsp3) is 0.269. The molecule has 3 heterocycles. The third-order valence-electron chi connectivity index (χ3n) is 5.92. The van der Waals surface area contributed by atoms with Crippen molar-refractivity contribution >= 4 is 39.9 Å². The van der Waals surface area contributed by atoms with Gasteiger partial charge < -0.3 is 9.64 Å². The summed E-state index contributed by atoms with van der Waals surface area (Å²) in [7, 11) is 0. The summed E-state index contributed by atoms with van der Waals surface area (Å²) < 4.78 is 7.14. The van der Waals surface area contributed by atoms with Crippen LogP contribution >= 0.6 is 23.1 Å². The summed E-state index contributed by atoms with van der Waals surface area (Å²) in [6, 6.07) is 19.0. The number of ether oxygens (including phenoxy) is 1. The van der Waals surface area contributed by atoms with Crippen molar-refractivity contribution in [3.63, 3.8) is 0 Å². The lowest BCUT2D eigenvalue weighted by Gasteiger charge is -2.24. The summed E-state index contributed by atoms with van der Waals surface area (Å²) >= 11 is 3.01. The minimum atomic E-state index is -0.151. The van der Waals surface area contributed by atoms with Gasteiger partial charge in [0.1, 0.15) is 5.75 Å². The third kappa shape index (κ3) is 4.48. The van der Waals surface area contributed by atoms with Crippen molar-refractivity contribution in [1.29, 1.82) is 0 Å². The van der Waals surface area contributed by atoms with Gasteiger partial charge in [-0.3, -0.25) is 14.2 Å². The Bertz CT molecular complexity index is 1350. The van der Waals surface area contributed by atoms with Gasteiger partial charge in [0.15, 0.2) is 5.16 Å². The van der Waals surface area contributed by atoms with Crippen molar-refractivity contribution in [1.82, 2.24) is 14.5 Å². The Morgan fingerprint density at radius 1 is 1.15 bits per heavy atom. The normalized spacial score (nSPS) is 15.7. The highest BCUT2D eigenvalue weighted by Crippen LogP contribution is 2.35. The van der Waals surface area contributed by atoms with Gasteiger partial charge in [0, 0.05) is 11.4 Å². The number of aromatic nitrogens is 2. The van der Waals surface area contributed by atoms with E-state index >= 15 is 0 Å². The molecule has 0 N–H and O–H groups in total. The second-order valence-electron chi connectivity index (χ2n) is 8.03. The number of para-hydroxylation sites is 1. The number of thiophene rings is 1. The molecular weight excluding hydrogens is 466 g/mol. The van der Waals surface area contributed by atoms with Crippen LogP contribution in [0.1, 0.15) is 30.7 Å². The number of carbonyl (C=O) groups excluding carboxylic acids is 1. The van der Waals surface area contributed by atoms with Crippen LogP contribution in [0.3, 0.4) is 0 Å². The molecule has 0 aliphatic carbocycles. The van der Waals surface area contributed by atoms with Gasteiger partial charge in [0.05, 0.1) is 35.0 Å². The predicted octanol–water partition coefficient (Wildman–Crippen LogP) is 5.30. The second-order valence-corrected chi connectivity index (χ2v) is 9.95. The Morgan fingerprint density at radius 2 is 1.97 bits per heavy atom. The highest BCUT2D eigenvalue weighted by atomic mass is 32.2. The van der Waals surface area contributed by atoms with Crippen LogP contribution < -0.4 is 10.3 Å². The molecule has 0 spiro atoms. The van der Waals surface area contributed by atoms with E-state index in [0.29, 0.717) is 28.4 Å². The minimum Gasteiger partial charge on any atom is -0.494 e. The Morgan fingerprint density at radius 3 is 2.74 bits per heavy atom. The van der Waals surface area contributed by atoms with E-state index in [2.05, 4.69) is 11.4 Å². The Labute approximate surface area is 206 Å². The lowest BCUT2D eigenvalue weighted by Crippen LogP contribution is -2.32. The zero-order valence-electron chi connectivity index (χ0n) is 18.8. The maximum Gasteiger partial charge on any atom is 0.266 e. The predicted molar refractivity (Wildman–Crippen MR) is 137 cm³/mol. The van der Waals surface area contributed by atoms with Crippen LogP contribution in [0.5, 0.6) is 5.75 Å². The van der Waals surface area contributed by atoms with E-state index in [1.807, 2.05) is 60.4 Å². The summed E-state index contributed by atoms with van der Waals surface area (Å²) in [5, 5.41) is 3.11. The summed E-state index contributed by atoms with van der Waals surface area (Å²) in [5.74, 6) is 1.04. The van der Waals surface area contributed by atoms with Crippen molar-refractivity contribution in [3.05, 3.63) is 81.3 Å². The molecule has 6 nitrogen and oxygen atoms in total. The second kappa shape index (κ2) is 10.0. The maximum atomic E-state index is 13.5. The fourth-order valence-electron chi connectivity index (χ4n) is 4.35. The van der Waals surface area contributed by atoms with Gasteiger partial charge >= 0.3 is 0 Å². The molecular formula is C26H25N3O3S2.